The first kappa shape index (κ1) is 31.1. The molecule has 0 spiro atoms. The van der Waals surface area contributed by atoms with Gasteiger partial charge in [-0.25, -0.2) is 8.78 Å². The lowest BCUT2D eigenvalue weighted by molar-refractivity contribution is 0.311. The van der Waals surface area contributed by atoms with Crippen molar-refractivity contribution >= 4 is 56.7 Å². The number of rotatable bonds is 4. The Balaban J connectivity index is 1.13. The molecule has 5 aromatic rings. The number of aryl methyl sites for hydroxylation is 2. The Morgan fingerprint density at radius 2 is 1.04 bits per heavy atom. The van der Waals surface area contributed by atoms with E-state index in [1.807, 2.05) is 9.13 Å². The molecule has 0 aliphatic carbocycles. The van der Waals surface area contributed by atoms with Crippen molar-refractivity contribution in [2.24, 2.45) is 0 Å². The highest BCUT2D eigenvalue weighted by atomic mass is 32.2. The van der Waals surface area contributed by atoms with Crippen LogP contribution in [0.2, 0.25) is 0 Å². The van der Waals surface area contributed by atoms with Crippen LogP contribution in [-0.2, 0) is 13.1 Å². The third-order valence-electron chi connectivity index (χ3n) is 10.2. The van der Waals surface area contributed by atoms with E-state index in [0.29, 0.717) is 73.2 Å². The van der Waals surface area contributed by atoms with Crippen LogP contribution < -0.4 is 20.7 Å². The largest absolute Gasteiger partial charge is 0.416 e. The van der Waals surface area contributed by atoms with Crippen LogP contribution in [-0.4, -0.2) is 107 Å². The fourth-order valence-electron chi connectivity index (χ4n) is 7.49. The molecule has 2 saturated heterocycles. The van der Waals surface area contributed by atoms with Crippen molar-refractivity contribution in [3.63, 3.8) is 0 Å². The van der Waals surface area contributed by atoms with Crippen LogP contribution >= 0.6 is 23.5 Å². The Morgan fingerprint density at radius 1 is 0.633 bits per heavy atom. The molecule has 4 aliphatic rings. The van der Waals surface area contributed by atoms with Crippen LogP contribution in [0.15, 0.2) is 48.3 Å². The van der Waals surface area contributed by atoms with Gasteiger partial charge in [-0.1, -0.05) is 0 Å². The molecule has 0 atom stereocenters. The number of piperazine rings is 2. The molecule has 3 aromatic heterocycles. The van der Waals surface area contributed by atoms with E-state index in [2.05, 4.69) is 43.9 Å². The van der Waals surface area contributed by atoms with Gasteiger partial charge < -0.3 is 33.2 Å². The lowest BCUT2D eigenvalue weighted by Crippen LogP contribution is -2.45. The molecule has 15 heteroatoms. The summed E-state index contributed by atoms with van der Waals surface area (Å²) in [6.07, 6.45) is 3.40. The molecule has 0 unspecified atom stereocenters. The highest BCUT2D eigenvalue weighted by Crippen LogP contribution is 2.43. The standard InChI is InChI=1S/C34H34F2N8O3S2/c1-39-3-7-41(8-4-39)27-23(35)15-19-25-31(27)48-13-11-43(25)17-21(29(19)45)33-37-38-34(47-33)22-18-44-12-14-49-32-26(44)20(30(22)46)16-24(36)28(32)42-9-5-40(2)6-10-42/h15-18H,3-14H2,1-2H3. The predicted molar refractivity (Wildman–Crippen MR) is 189 cm³/mol. The summed E-state index contributed by atoms with van der Waals surface area (Å²) in [7, 11) is 4.11. The molecular weight excluding hydrogens is 671 g/mol. The van der Waals surface area contributed by atoms with E-state index >= 15 is 8.78 Å². The quantitative estimate of drug-likeness (QED) is 0.272. The average molecular weight is 705 g/mol. The molecular formula is C34H34F2N8O3S2. The smallest absolute Gasteiger partial charge is 0.253 e. The summed E-state index contributed by atoms with van der Waals surface area (Å²) < 4.78 is 41.7. The van der Waals surface area contributed by atoms with Crippen LogP contribution in [0.25, 0.3) is 44.7 Å². The van der Waals surface area contributed by atoms with E-state index in [9.17, 15) is 9.59 Å². The first-order valence-electron chi connectivity index (χ1n) is 16.5. The summed E-state index contributed by atoms with van der Waals surface area (Å²) in [5, 5.41) is 8.89. The second-order valence-corrected chi connectivity index (χ2v) is 15.4. The summed E-state index contributed by atoms with van der Waals surface area (Å²) in [5.74, 6) is 0.473. The maximum atomic E-state index is 15.9. The van der Waals surface area contributed by atoms with Gasteiger partial charge in [0.05, 0.1) is 43.0 Å². The van der Waals surface area contributed by atoms with Gasteiger partial charge in [0.25, 0.3) is 11.8 Å². The molecule has 11 nitrogen and oxygen atoms in total. The van der Waals surface area contributed by atoms with Gasteiger partial charge in [0, 0.05) is 89.3 Å². The Labute approximate surface area is 288 Å². The van der Waals surface area contributed by atoms with E-state index < -0.39 is 22.5 Å². The van der Waals surface area contributed by atoms with Crippen molar-refractivity contribution in [2.75, 3.05) is 87.8 Å². The van der Waals surface area contributed by atoms with Crippen LogP contribution in [0.5, 0.6) is 0 Å². The number of aromatic nitrogens is 4. The lowest BCUT2D eigenvalue weighted by Gasteiger charge is -2.36. The van der Waals surface area contributed by atoms with Crippen LogP contribution in [0.3, 0.4) is 0 Å². The van der Waals surface area contributed by atoms with Gasteiger partial charge in [0.15, 0.2) is 0 Å². The number of nitrogens with zero attached hydrogens (tertiary/aromatic N) is 8. The van der Waals surface area contributed by atoms with Crippen molar-refractivity contribution in [2.45, 2.75) is 22.9 Å². The molecule has 4 aliphatic heterocycles. The van der Waals surface area contributed by atoms with E-state index in [1.165, 1.54) is 12.1 Å². The van der Waals surface area contributed by atoms with Crippen molar-refractivity contribution < 1.29 is 13.2 Å². The fourth-order valence-corrected chi connectivity index (χ4v) is 9.93. The van der Waals surface area contributed by atoms with Crippen molar-refractivity contribution in [3.8, 4) is 22.9 Å². The zero-order valence-corrected chi connectivity index (χ0v) is 28.8. The maximum Gasteiger partial charge on any atom is 0.253 e. The number of pyridine rings is 2. The number of benzene rings is 2. The SMILES string of the molecule is CN1CCN(c2c(F)cc3c(=O)c(-c4nnc(-c5cn6c7c(c(N8CCN(C)CC8)c(F)cc7c5=O)SCC6)o4)cn4c3c2SCC4)CC1. The molecule has 0 radical (unpaired) electrons. The average Bonchev–Trinajstić information content (AvgIpc) is 3.59. The molecule has 2 aromatic carbocycles. The molecule has 254 valence electrons. The van der Waals surface area contributed by atoms with E-state index in [0.717, 1.165) is 36.0 Å². The Bertz CT molecular complexity index is 2130. The molecule has 0 N–H and O–H groups in total. The minimum Gasteiger partial charge on any atom is -0.416 e. The number of hydrogen-bond donors (Lipinski definition) is 0. The molecule has 7 heterocycles. The minimum absolute atomic E-state index is 0.0556. The molecule has 0 bridgehead atoms. The highest BCUT2D eigenvalue weighted by Gasteiger charge is 2.31. The van der Waals surface area contributed by atoms with Crippen LogP contribution in [0, 0.1) is 11.6 Å². The normalized spacial score (nSPS) is 18.6. The number of anilines is 2. The third kappa shape index (κ3) is 4.99. The summed E-state index contributed by atoms with van der Waals surface area (Å²) in [6.45, 7) is 7.41. The second kappa shape index (κ2) is 11.9. The van der Waals surface area contributed by atoms with Gasteiger partial charge in [-0.05, 0) is 26.2 Å². The van der Waals surface area contributed by atoms with Gasteiger partial charge in [-0.2, -0.15) is 0 Å². The monoisotopic (exact) mass is 704 g/mol. The summed E-state index contributed by atoms with van der Waals surface area (Å²) >= 11 is 3.15. The van der Waals surface area contributed by atoms with Crippen LogP contribution in [0.1, 0.15) is 0 Å². The zero-order valence-electron chi connectivity index (χ0n) is 27.2. The van der Waals surface area contributed by atoms with Gasteiger partial charge in [-0.3, -0.25) is 9.59 Å². The molecule has 0 amide bonds. The lowest BCUT2D eigenvalue weighted by atomic mass is 10.1. The Morgan fingerprint density at radius 3 is 1.45 bits per heavy atom. The highest BCUT2D eigenvalue weighted by molar-refractivity contribution is 8.00. The number of hydrogen-bond acceptors (Lipinski definition) is 11. The second-order valence-electron chi connectivity index (χ2n) is 13.2. The number of halogens is 2. The van der Waals surface area contributed by atoms with Crippen molar-refractivity contribution in [1.82, 2.24) is 29.1 Å². The maximum absolute atomic E-state index is 15.9. The fraction of sp³-hybridized carbons (Fsp3) is 0.412. The predicted octanol–water partition coefficient (Wildman–Crippen LogP) is 4.03. The van der Waals surface area contributed by atoms with Gasteiger partial charge in [0.2, 0.25) is 10.9 Å². The Hall–Kier alpha value is -3.92. The number of likely N-dealkylation sites (N-methyl/N-ethyl adjacent to an activating group) is 2. The van der Waals surface area contributed by atoms with Crippen LogP contribution in [0.4, 0.5) is 20.2 Å². The Kier molecular flexibility index (Phi) is 7.52. The number of thioether (sulfide) groups is 2. The topological polar surface area (TPSA) is 95.9 Å². The van der Waals surface area contributed by atoms with E-state index in [4.69, 9.17) is 4.42 Å². The molecule has 49 heavy (non-hydrogen) atoms. The first-order valence-corrected chi connectivity index (χ1v) is 18.5. The first-order chi connectivity index (χ1) is 23.8. The zero-order chi connectivity index (χ0) is 33.6. The molecule has 0 saturated carbocycles. The summed E-state index contributed by atoms with van der Waals surface area (Å²) in [5.41, 5.74) is 1.97. The van der Waals surface area contributed by atoms with Gasteiger partial charge in [0.1, 0.15) is 22.8 Å². The van der Waals surface area contributed by atoms with Crippen molar-refractivity contribution in [3.05, 3.63) is 56.6 Å². The molecule has 9 rings (SSSR count). The van der Waals surface area contributed by atoms with Crippen molar-refractivity contribution in [1.29, 1.82) is 0 Å². The summed E-state index contributed by atoms with van der Waals surface area (Å²) in [4.78, 5) is 38.0. The van der Waals surface area contributed by atoms with E-state index in [-0.39, 0.29) is 33.7 Å². The van der Waals surface area contributed by atoms with Gasteiger partial charge in [-0.15, -0.1) is 33.7 Å². The van der Waals surface area contributed by atoms with Gasteiger partial charge >= 0.3 is 0 Å². The van der Waals surface area contributed by atoms with E-state index in [1.54, 1.807) is 35.9 Å². The minimum atomic E-state index is -0.424. The third-order valence-corrected chi connectivity index (χ3v) is 12.3. The molecule has 2 fully saturated rings. The summed E-state index contributed by atoms with van der Waals surface area (Å²) in [6, 6.07) is 2.66.